The maximum Gasteiger partial charge on any atom is 0.420 e. The standard InChI is InChI=1S/C8H3Cl2F5O/c9-4-2-1-3(8(13,14)15)6(5(4)10)16-7(11)12/h1-2,7H. The zero-order valence-electron chi connectivity index (χ0n) is 7.29. The summed E-state index contributed by atoms with van der Waals surface area (Å²) in [5, 5.41) is -0.998. The molecule has 0 aliphatic rings. The largest absolute Gasteiger partial charge is 0.433 e. The van der Waals surface area contributed by atoms with Gasteiger partial charge in [0.25, 0.3) is 0 Å². The number of alkyl halides is 5. The molecule has 90 valence electrons. The van der Waals surface area contributed by atoms with Gasteiger partial charge >= 0.3 is 12.8 Å². The second-order valence-electron chi connectivity index (χ2n) is 2.61. The highest BCUT2D eigenvalue weighted by atomic mass is 35.5. The van der Waals surface area contributed by atoms with Crippen molar-refractivity contribution < 1.29 is 26.7 Å². The van der Waals surface area contributed by atoms with Gasteiger partial charge in [0.2, 0.25) is 0 Å². The van der Waals surface area contributed by atoms with E-state index in [2.05, 4.69) is 4.74 Å². The molecule has 0 N–H and O–H groups in total. The van der Waals surface area contributed by atoms with Crippen molar-refractivity contribution in [3.8, 4) is 5.75 Å². The molecule has 0 saturated heterocycles. The van der Waals surface area contributed by atoms with Gasteiger partial charge in [-0.2, -0.15) is 22.0 Å². The first-order valence-corrected chi connectivity index (χ1v) is 4.49. The van der Waals surface area contributed by atoms with Crippen molar-refractivity contribution in [3.05, 3.63) is 27.7 Å². The fraction of sp³-hybridized carbons (Fsp3) is 0.250. The van der Waals surface area contributed by atoms with Gasteiger partial charge in [0.15, 0.2) is 5.75 Å². The highest BCUT2D eigenvalue weighted by molar-refractivity contribution is 6.43. The smallest absolute Gasteiger partial charge is 0.420 e. The predicted octanol–water partition coefficient (Wildman–Crippen LogP) is 4.61. The summed E-state index contributed by atoms with van der Waals surface area (Å²) in [5.74, 6) is -1.17. The Hall–Kier alpha value is -0.750. The summed E-state index contributed by atoms with van der Waals surface area (Å²) in [7, 11) is 0. The molecule has 0 atom stereocenters. The van der Waals surface area contributed by atoms with E-state index in [1.165, 1.54) is 0 Å². The van der Waals surface area contributed by atoms with Crippen LogP contribution >= 0.6 is 23.2 Å². The molecular weight excluding hydrogens is 278 g/mol. The van der Waals surface area contributed by atoms with Gasteiger partial charge < -0.3 is 4.74 Å². The molecule has 0 amide bonds. The van der Waals surface area contributed by atoms with E-state index in [4.69, 9.17) is 23.2 Å². The lowest BCUT2D eigenvalue weighted by atomic mass is 10.2. The molecule has 0 aliphatic carbocycles. The lowest BCUT2D eigenvalue weighted by Crippen LogP contribution is -2.12. The Balaban J connectivity index is 3.33. The molecule has 0 aliphatic heterocycles. The van der Waals surface area contributed by atoms with E-state index in [9.17, 15) is 22.0 Å². The Kier molecular flexibility index (Phi) is 3.85. The van der Waals surface area contributed by atoms with Gasteiger partial charge in [-0.05, 0) is 12.1 Å². The number of rotatable bonds is 2. The zero-order valence-corrected chi connectivity index (χ0v) is 8.80. The molecule has 0 bridgehead atoms. The molecule has 8 heteroatoms. The lowest BCUT2D eigenvalue weighted by Gasteiger charge is -2.15. The second kappa shape index (κ2) is 4.63. The maximum absolute atomic E-state index is 12.4. The number of halogens is 7. The average molecular weight is 281 g/mol. The van der Waals surface area contributed by atoms with Crippen LogP contribution < -0.4 is 4.74 Å². The zero-order chi connectivity index (χ0) is 12.5. The number of ether oxygens (including phenoxy) is 1. The third-order valence-corrected chi connectivity index (χ3v) is 2.35. The quantitative estimate of drug-likeness (QED) is 0.719. The average Bonchev–Trinajstić information content (AvgIpc) is 2.10. The summed E-state index contributed by atoms with van der Waals surface area (Å²) < 4.78 is 64.7. The molecule has 1 aromatic rings. The SMILES string of the molecule is FC(F)Oc1c(C(F)(F)F)ccc(Cl)c1Cl. The van der Waals surface area contributed by atoms with Crippen molar-refractivity contribution in [3.63, 3.8) is 0 Å². The first-order chi connectivity index (χ1) is 7.23. The Labute approximate surface area is 96.7 Å². The monoisotopic (exact) mass is 280 g/mol. The van der Waals surface area contributed by atoms with Crippen LogP contribution in [-0.4, -0.2) is 6.61 Å². The molecule has 0 saturated carbocycles. The van der Waals surface area contributed by atoms with E-state index in [1.54, 1.807) is 0 Å². The fourth-order valence-corrected chi connectivity index (χ4v) is 1.32. The Bertz CT molecular complexity index is 391. The molecule has 1 rings (SSSR count). The predicted molar refractivity (Wildman–Crippen MR) is 48.1 cm³/mol. The van der Waals surface area contributed by atoms with Crippen LogP contribution in [0.4, 0.5) is 22.0 Å². The molecule has 0 heterocycles. The van der Waals surface area contributed by atoms with Crippen LogP contribution in [-0.2, 0) is 6.18 Å². The number of hydrogen-bond acceptors (Lipinski definition) is 1. The third-order valence-electron chi connectivity index (χ3n) is 1.56. The molecule has 0 radical (unpaired) electrons. The van der Waals surface area contributed by atoms with Crippen molar-refractivity contribution in [2.45, 2.75) is 12.8 Å². The molecule has 0 unspecified atom stereocenters. The first kappa shape index (κ1) is 13.3. The van der Waals surface area contributed by atoms with Crippen molar-refractivity contribution in [2.75, 3.05) is 0 Å². The summed E-state index contributed by atoms with van der Waals surface area (Å²) in [6.07, 6.45) is -4.85. The van der Waals surface area contributed by atoms with E-state index in [-0.39, 0.29) is 5.02 Å². The summed E-state index contributed by atoms with van der Waals surface area (Å²) in [5.41, 5.74) is -1.40. The molecule has 1 nitrogen and oxygen atoms in total. The van der Waals surface area contributed by atoms with E-state index in [0.29, 0.717) is 6.07 Å². The van der Waals surface area contributed by atoms with Crippen LogP contribution in [0.25, 0.3) is 0 Å². The number of hydrogen-bond donors (Lipinski definition) is 0. The van der Waals surface area contributed by atoms with Crippen molar-refractivity contribution >= 4 is 23.2 Å². The molecule has 0 aromatic heterocycles. The molecule has 0 spiro atoms. The normalized spacial score (nSPS) is 12.0. The highest BCUT2D eigenvalue weighted by Gasteiger charge is 2.36. The highest BCUT2D eigenvalue weighted by Crippen LogP contribution is 2.43. The van der Waals surface area contributed by atoms with Gasteiger partial charge in [0, 0.05) is 0 Å². The third kappa shape index (κ3) is 2.89. The van der Waals surface area contributed by atoms with Gasteiger partial charge in [0.1, 0.15) is 5.02 Å². The van der Waals surface area contributed by atoms with E-state index >= 15 is 0 Å². The summed E-state index contributed by atoms with van der Waals surface area (Å²) in [6.45, 7) is -3.42. The van der Waals surface area contributed by atoms with Gasteiger partial charge in [-0.15, -0.1) is 0 Å². The van der Waals surface area contributed by atoms with Crippen molar-refractivity contribution in [2.24, 2.45) is 0 Å². The van der Waals surface area contributed by atoms with Gasteiger partial charge in [-0.3, -0.25) is 0 Å². The summed E-state index contributed by atoms with van der Waals surface area (Å²) in [4.78, 5) is 0. The van der Waals surface area contributed by atoms with E-state index in [1.807, 2.05) is 0 Å². The topological polar surface area (TPSA) is 9.23 Å². The van der Waals surface area contributed by atoms with E-state index < -0.39 is 29.1 Å². The van der Waals surface area contributed by atoms with Crippen LogP contribution in [0.5, 0.6) is 5.75 Å². The minimum absolute atomic E-state index is 0.301. The summed E-state index contributed by atoms with van der Waals surface area (Å²) in [6, 6.07) is 1.37. The molecular formula is C8H3Cl2F5O. The van der Waals surface area contributed by atoms with Crippen LogP contribution in [0.1, 0.15) is 5.56 Å². The van der Waals surface area contributed by atoms with Crippen LogP contribution in [0.3, 0.4) is 0 Å². The van der Waals surface area contributed by atoms with Gasteiger partial charge in [-0.25, -0.2) is 0 Å². The Morgan fingerprint density at radius 1 is 1.12 bits per heavy atom. The summed E-state index contributed by atoms with van der Waals surface area (Å²) >= 11 is 10.8. The van der Waals surface area contributed by atoms with Crippen LogP contribution in [0.2, 0.25) is 10.0 Å². The minimum atomic E-state index is -4.85. The maximum atomic E-state index is 12.4. The second-order valence-corrected chi connectivity index (χ2v) is 3.40. The van der Waals surface area contributed by atoms with E-state index in [0.717, 1.165) is 6.07 Å². The first-order valence-electron chi connectivity index (χ1n) is 3.73. The van der Waals surface area contributed by atoms with Crippen molar-refractivity contribution in [1.29, 1.82) is 0 Å². The Morgan fingerprint density at radius 2 is 1.69 bits per heavy atom. The van der Waals surface area contributed by atoms with Crippen LogP contribution in [0.15, 0.2) is 12.1 Å². The lowest BCUT2D eigenvalue weighted by molar-refractivity contribution is -0.141. The van der Waals surface area contributed by atoms with Crippen molar-refractivity contribution in [1.82, 2.24) is 0 Å². The van der Waals surface area contributed by atoms with Crippen LogP contribution in [0, 0.1) is 0 Å². The minimum Gasteiger partial charge on any atom is -0.433 e. The molecule has 16 heavy (non-hydrogen) atoms. The molecule has 0 fully saturated rings. The number of benzene rings is 1. The fourth-order valence-electron chi connectivity index (χ4n) is 0.960. The van der Waals surface area contributed by atoms with Gasteiger partial charge in [0.05, 0.1) is 10.6 Å². The molecule has 1 aromatic carbocycles. The Morgan fingerprint density at radius 3 is 2.12 bits per heavy atom. The van der Waals surface area contributed by atoms with Gasteiger partial charge in [-0.1, -0.05) is 23.2 Å².